The van der Waals surface area contributed by atoms with E-state index >= 15 is 0 Å². The summed E-state index contributed by atoms with van der Waals surface area (Å²) in [6.07, 6.45) is 0.507. The quantitative estimate of drug-likeness (QED) is 0.254. The molecule has 1 heterocycles. The lowest BCUT2D eigenvalue weighted by atomic mass is 10.1. The molecule has 10 nitrogen and oxygen atoms in total. The number of aliphatic hydroxyl groups excluding tert-OH is 1. The van der Waals surface area contributed by atoms with Crippen molar-refractivity contribution in [3.63, 3.8) is 0 Å². The highest BCUT2D eigenvalue weighted by Gasteiger charge is 2.31. The summed E-state index contributed by atoms with van der Waals surface area (Å²) < 4.78 is 36.5. The average Bonchev–Trinajstić information content (AvgIpc) is 3.41. The number of ether oxygens (including phenoxy) is 4. The molecule has 36 heavy (non-hydrogen) atoms. The SMILES string of the molecule is COc1cc2c(cc1OC)-c1c(c(Nc3cccc(F)c3)nn1C(=O)NCCOCCOCCO)C2. The van der Waals surface area contributed by atoms with Crippen molar-refractivity contribution in [2.45, 2.75) is 6.42 Å². The van der Waals surface area contributed by atoms with Gasteiger partial charge in [0.05, 0.1) is 52.9 Å². The van der Waals surface area contributed by atoms with Crippen LogP contribution in [0, 0.1) is 5.82 Å². The molecule has 1 aliphatic rings. The number of amides is 1. The third kappa shape index (κ3) is 5.59. The largest absolute Gasteiger partial charge is 0.493 e. The van der Waals surface area contributed by atoms with E-state index in [2.05, 4.69) is 15.7 Å². The number of carbonyl (C=O) groups excluding carboxylic acids is 1. The maximum Gasteiger partial charge on any atom is 0.342 e. The number of halogens is 1. The first-order valence-electron chi connectivity index (χ1n) is 11.5. The first-order valence-corrected chi connectivity index (χ1v) is 11.5. The van der Waals surface area contributed by atoms with Crippen LogP contribution in [0.1, 0.15) is 11.1 Å². The molecule has 2 aromatic carbocycles. The lowest BCUT2D eigenvalue weighted by Crippen LogP contribution is -2.32. The van der Waals surface area contributed by atoms with Crippen LogP contribution < -0.4 is 20.1 Å². The summed E-state index contributed by atoms with van der Waals surface area (Å²) in [7, 11) is 3.12. The summed E-state index contributed by atoms with van der Waals surface area (Å²) in [4.78, 5) is 13.1. The van der Waals surface area contributed by atoms with Crippen molar-refractivity contribution in [2.75, 3.05) is 59.1 Å². The summed E-state index contributed by atoms with van der Waals surface area (Å²) >= 11 is 0. The average molecular weight is 501 g/mol. The van der Waals surface area contributed by atoms with E-state index in [9.17, 15) is 9.18 Å². The van der Waals surface area contributed by atoms with Crippen LogP contribution in [0.2, 0.25) is 0 Å². The minimum absolute atomic E-state index is 0.0396. The zero-order chi connectivity index (χ0) is 25.5. The third-order valence-electron chi connectivity index (χ3n) is 5.63. The molecule has 0 bridgehead atoms. The summed E-state index contributed by atoms with van der Waals surface area (Å²) in [6, 6.07) is 9.33. The Bertz CT molecular complexity index is 1220. The number of rotatable bonds is 12. The second-order valence-electron chi connectivity index (χ2n) is 7.94. The maximum absolute atomic E-state index is 13.8. The number of nitrogens with zero attached hydrogens (tertiary/aromatic N) is 2. The van der Waals surface area contributed by atoms with Crippen molar-refractivity contribution in [3.8, 4) is 22.8 Å². The topological polar surface area (TPSA) is 116 Å². The smallest absolute Gasteiger partial charge is 0.342 e. The zero-order valence-electron chi connectivity index (χ0n) is 20.2. The van der Waals surface area contributed by atoms with Gasteiger partial charge in [0.1, 0.15) is 5.82 Å². The Balaban J connectivity index is 1.56. The summed E-state index contributed by atoms with van der Waals surface area (Å²) in [5.74, 6) is 1.20. The van der Waals surface area contributed by atoms with E-state index < -0.39 is 6.03 Å². The number of hydrogen-bond acceptors (Lipinski definition) is 8. The monoisotopic (exact) mass is 500 g/mol. The van der Waals surface area contributed by atoms with Crippen LogP contribution >= 0.6 is 0 Å². The maximum atomic E-state index is 13.8. The Morgan fingerprint density at radius 2 is 1.83 bits per heavy atom. The van der Waals surface area contributed by atoms with Crippen LogP contribution in [-0.2, 0) is 15.9 Å². The van der Waals surface area contributed by atoms with Crippen molar-refractivity contribution < 1.29 is 33.2 Å². The van der Waals surface area contributed by atoms with Gasteiger partial charge in [0.15, 0.2) is 17.3 Å². The molecule has 192 valence electrons. The Labute approximate surface area is 207 Å². The van der Waals surface area contributed by atoms with Gasteiger partial charge in [0.2, 0.25) is 0 Å². The molecule has 1 aromatic heterocycles. The van der Waals surface area contributed by atoms with Crippen LogP contribution in [-0.4, -0.2) is 74.7 Å². The molecular weight excluding hydrogens is 471 g/mol. The highest BCUT2D eigenvalue weighted by Crippen LogP contribution is 2.45. The number of hydrogen-bond donors (Lipinski definition) is 3. The Morgan fingerprint density at radius 1 is 1.08 bits per heavy atom. The van der Waals surface area contributed by atoms with E-state index in [-0.39, 0.29) is 32.2 Å². The van der Waals surface area contributed by atoms with Crippen LogP contribution in [0.25, 0.3) is 11.3 Å². The molecule has 0 radical (unpaired) electrons. The Kier molecular flexibility index (Phi) is 8.36. The fraction of sp³-hybridized carbons (Fsp3) is 0.360. The highest BCUT2D eigenvalue weighted by molar-refractivity contribution is 5.90. The molecule has 0 fully saturated rings. The highest BCUT2D eigenvalue weighted by atomic mass is 19.1. The summed E-state index contributed by atoms with van der Waals surface area (Å²) in [5, 5.41) is 19.2. The van der Waals surface area contributed by atoms with Crippen molar-refractivity contribution >= 4 is 17.5 Å². The molecule has 0 saturated heterocycles. The van der Waals surface area contributed by atoms with E-state index in [0.717, 1.165) is 16.7 Å². The van der Waals surface area contributed by atoms with E-state index in [4.69, 9.17) is 24.1 Å². The van der Waals surface area contributed by atoms with Crippen molar-refractivity contribution in [2.24, 2.45) is 0 Å². The number of methoxy groups -OCH3 is 2. The zero-order valence-corrected chi connectivity index (χ0v) is 20.2. The number of aliphatic hydroxyl groups is 1. The van der Waals surface area contributed by atoms with Gasteiger partial charge in [-0.05, 0) is 35.9 Å². The van der Waals surface area contributed by atoms with Crippen LogP contribution in [0.3, 0.4) is 0 Å². The Morgan fingerprint density at radius 3 is 2.56 bits per heavy atom. The first kappa shape index (κ1) is 25.4. The predicted molar refractivity (Wildman–Crippen MR) is 131 cm³/mol. The van der Waals surface area contributed by atoms with Gasteiger partial charge >= 0.3 is 6.03 Å². The van der Waals surface area contributed by atoms with Crippen LogP contribution in [0.4, 0.5) is 20.7 Å². The number of carbonyl (C=O) groups is 1. The molecule has 1 amide bonds. The molecule has 0 atom stereocenters. The van der Waals surface area contributed by atoms with Crippen LogP contribution in [0.5, 0.6) is 11.5 Å². The minimum atomic E-state index is -0.429. The number of benzene rings is 2. The molecule has 0 spiro atoms. The van der Waals surface area contributed by atoms with Gasteiger partial charge in [-0.2, -0.15) is 4.68 Å². The minimum Gasteiger partial charge on any atom is -0.493 e. The molecule has 1 aliphatic carbocycles. The van der Waals surface area contributed by atoms with Gasteiger partial charge in [-0.25, -0.2) is 9.18 Å². The van der Waals surface area contributed by atoms with Crippen LogP contribution in [0.15, 0.2) is 36.4 Å². The normalized spacial score (nSPS) is 11.7. The van der Waals surface area contributed by atoms with Crippen molar-refractivity contribution in [3.05, 3.63) is 53.3 Å². The van der Waals surface area contributed by atoms with Crippen molar-refractivity contribution in [1.29, 1.82) is 0 Å². The Hall–Kier alpha value is -3.67. The third-order valence-corrected chi connectivity index (χ3v) is 5.63. The van der Waals surface area contributed by atoms with Gasteiger partial charge in [0, 0.05) is 29.8 Å². The molecule has 4 rings (SSSR count). The fourth-order valence-corrected chi connectivity index (χ4v) is 4.01. The standard InChI is InChI=1S/C25H29FN4O6/c1-33-21-13-16-12-20-23(19(16)15-22(21)34-2)30(25(32)27-6-8-35-10-11-36-9-7-31)29-24(20)28-18-5-3-4-17(26)14-18/h3-5,13-15,31H,6-12H2,1-2H3,(H,27,32)(H,28,29). The molecule has 0 unspecified atom stereocenters. The van der Waals surface area contributed by atoms with E-state index in [1.807, 2.05) is 12.1 Å². The van der Waals surface area contributed by atoms with Gasteiger partial charge in [-0.1, -0.05) is 6.07 Å². The lowest BCUT2D eigenvalue weighted by Gasteiger charge is -2.12. The summed E-state index contributed by atoms with van der Waals surface area (Å²) in [6.45, 7) is 1.48. The fourth-order valence-electron chi connectivity index (χ4n) is 4.01. The van der Waals surface area contributed by atoms with Gasteiger partial charge in [-0.3, -0.25) is 0 Å². The predicted octanol–water partition coefficient (Wildman–Crippen LogP) is 2.94. The van der Waals surface area contributed by atoms with E-state index in [0.29, 0.717) is 48.3 Å². The van der Waals surface area contributed by atoms with Gasteiger partial charge in [0.25, 0.3) is 0 Å². The molecule has 0 aliphatic heterocycles. The molecular formula is C25H29FN4O6. The number of aromatic nitrogens is 2. The second-order valence-corrected chi connectivity index (χ2v) is 7.94. The van der Waals surface area contributed by atoms with Crippen molar-refractivity contribution in [1.82, 2.24) is 15.1 Å². The number of nitrogens with one attached hydrogen (secondary N) is 2. The molecule has 0 saturated carbocycles. The van der Waals surface area contributed by atoms with Gasteiger partial charge in [-0.15, -0.1) is 5.10 Å². The molecule has 3 N–H and O–H groups in total. The molecule has 11 heteroatoms. The van der Waals surface area contributed by atoms with Gasteiger partial charge < -0.3 is 34.7 Å². The number of anilines is 2. The second kappa shape index (κ2) is 11.8. The summed E-state index contributed by atoms with van der Waals surface area (Å²) in [5.41, 5.74) is 3.70. The van der Waals surface area contributed by atoms with E-state index in [1.165, 1.54) is 16.8 Å². The molecule has 3 aromatic rings. The van der Waals surface area contributed by atoms with E-state index in [1.54, 1.807) is 26.4 Å². The number of fused-ring (bicyclic) bond motifs is 3. The lowest BCUT2D eigenvalue weighted by molar-refractivity contribution is 0.0344. The first-order chi connectivity index (χ1) is 17.5.